The van der Waals surface area contributed by atoms with Gasteiger partial charge >= 0.3 is 0 Å². The zero-order valence-corrected chi connectivity index (χ0v) is 13.4. The van der Waals surface area contributed by atoms with Crippen LogP contribution in [0.25, 0.3) is 0 Å². The van der Waals surface area contributed by atoms with Crippen molar-refractivity contribution in [3.63, 3.8) is 0 Å². The lowest BCUT2D eigenvalue weighted by atomic mass is 9.93. The van der Waals surface area contributed by atoms with Crippen LogP contribution in [-0.2, 0) is 4.79 Å². The molecule has 108 valence electrons. The summed E-state index contributed by atoms with van der Waals surface area (Å²) >= 11 is 1.80. The molecule has 0 fully saturated rings. The Morgan fingerprint density at radius 1 is 1.39 bits per heavy atom. The van der Waals surface area contributed by atoms with E-state index in [4.69, 9.17) is 5.73 Å². The summed E-state index contributed by atoms with van der Waals surface area (Å²) in [5.74, 6) is 2.18. The number of hydrogen-bond donors (Lipinski definition) is 1. The van der Waals surface area contributed by atoms with Crippen LogP contribution in [-0.4, -0.2) is 42.4 Å². The first-order valence-corrected chi connectivity index (χ1v) is 8.30. The molecule has 0 spiro atoms. The molecule has 3 nitrogen and oxygen atoms in total. The summed E-state index contributed by atoms with van der Waals surface area (Å²) in [4.78, 5) is 14.1. The van der Waals surface area contributed by atoms with Gasteiger partial charge < -0.3 is 10.6 Å². The molecule has 0 aliphatic rings. The van der Waals surface area contributed by atoms with Gasteiger partial charge in [-0.3, -0.25) is 4.79 Å². The highest BCUT2D eigenvalue weighted by atomic mass is 32.2. The van der Waals surface area contributed by atoms with Gasteiger partial charge in [0.1, 0.15) is 0 Å². The number of carbonyl (C=O) groups excluding carboxylic acids is 1. The Morgan fingerprint density at radius 2 is 2.00 bits per heavy atom. The monoisotopic (exact) mass is 274 g/mol. The molecule has 0 aromatic carbocycles. The number of carbonyl (C=O) groups is 1. The number of amides is 1. The quantitative estimate of drug-likeness (QED) is 0.703. The summed E-state index contributed by atoms with van der Waals surface area (Å²) < 4.78 is 0. The summed E-state index contributed by atoms with van der Waals surface area (Å²) in [5.41, 5.74) is 5.76. The highest BCUT2D eigenvalue weighted by molar-refractivity contribution is 7.98. The van der Waals surface area contributed by atoms with Gasteiger partial charge in [-0.25, -0.2) is 0 Å². The van der Waals surface area contributed by atoms with E-state index >= 15 is 0 Å². The van der Waals surface area contributed by atoms with Gasteiger partial charge in [0.2, 0.25) is 5.91 Å². The Balaban J connectivity index is 4.34. The molecule has 1 unspecified atom stereocenters. The van der Waals surface area contributed by atoms with Crippen molar-refractivity contribution in [2.24, 2.45) is 17.6 Å². The molecule has 0 rings (SSSR count). The van der Waals surface area contributed by atoms with Gasteiger partial charge in [0, 0.05) is 25.3 Å². The summed E-state index contributed by atoms with van der Waals surface area (Å²) in [5, 5.41) is 0. The second-order valence-corrected chi connectivity index (χ2v) is 6.37. The highest BCUT2D eigenvalue weighted by Crippen LogP contribution is 2.17. The topological polar surface area (TPSA) is 46.3 Å². The smallest absolute Gasteiger partial charge is 0.222 e. The Bertz CT molecular complexity index is 234. The fourth-order valence-electron chi connectivity index (χ4n) is 2.22. The van der Waals surface area contributed by atoms with E-state index in [1.807, 2.05) is 11.9 Å². The summed E-state index contributed by atoms with van der Waals surface area (Å²) in [6.07, 6.45) is 4.73. The van der Waals surface area contributed by atoms with E-state index in [9.17, 15) is 4.79 Å². The Labute approximate surface area is 117 Å². The number of thioether (sulfide) groups is 1. The van der Waals surface area contributed by atoms with Crippen molar-refractivity contribution in [2.45, 2.75) is 46.1 Å². The zero-order valence-electron chi connectivity index (χ0n) is 12.6. The van der Waals surface area contributed by atoms with Gasteiger partial charge in [-0.15, -0.1) is 0 Å². The molecule has 0 aliphatic heterocycles. The maximum atomic E-state index is 12.2. The second kappa shape index (κ2) is 9.68. The van der Waals surface area contributed by atoms with Crippen LogP contribution in [0, 0.1) is 11.8 Å². The van der Waals surface area contributed by atoms with Crippen LogP contribution in [0.1, 0.15) is 40.0 Å². The van der Waals surface area contributed by atoms with Crippen LogP contribution in [0.3, 0.4) is 0 Å². The molecule has 2 N–H and O–H groups in total. The Hall–Kier alpha value is -0.220. The fourth-order valence-corrected chi connectivity index (χ4v) is 3.06. The van der Waals surface area contributed by atoms with Crippen molar-refractivity contribution in [2.75, 3.05) is 25.6 Å². The van der Waals surface area contributed by atoms with Gasteiger partial charge in [0.05, 0.1) is 0 Å². The first-order valence-electron chi connectivity index (χ1n) is 6.90. The number of rotatable bonds is 9. The third-order valence-corrected chi connectivity index (χ3v) is 4.09. The number of hydrogen-bond acceptors (Lipinski definition) is 3. The molecule has 1 amide bonds. The molecule has 0 bridgehead atoms. The van der Waals surface area contributed by atoms with E-state index in [1.165, 1.54) is 0 Å². The molecule has 0 aromatic rings. The van der Waals surface area contributed by atoms with E-state index in [2.05, 4.69) is 27.0 Å². The standard InChI is InChI=1S/C14H30N2OS/c1-6-13(10-18-5)16(4)14(17)8-12(9-15)7-11(2)3/h11-13H,6-10,15H2,1-5H3/t12-,13?/m0/s1. The van der Waals surface area contributed by atoms with Crippen molar-refractivity contribution in [3.8, 4) is 0 Å². The molecule has 0 radical (unpaired) electrons. The van der Waals surface area contributed by atoms with E-state index in [0.29, 0.717) is 30.8 Å². The highest BCUT2D eigenvalue weighted by Gasteiger charge is 2.21. The minimum atomic E-state index is 0.243. The third kappa shape index (κ3) is 6.64. The van der Waals surface area contributed by atoms with Crippen LogP contribution < -0.4 is 5.73 Å². The largest absolute Gasteiger partial charge is 0.342 e. The van der Waals surface area contributed by atoms with Crippen LogP contribution in [0.4, 0.5) is 0 Å². The van der Waals surface area contributed by atoms with Gasteiger partial charge in [-0.05, 0) is 37.5 Å². The molecule has 18 heavy (non-hydrogen) atoms. The van der Waals surface area contributed by atoms with Crippen LogP contribution in [0.15, 0.2) is 0 Å². The number of nitrogens with two attached hydrogens (primary N) is 1. The molecular weight excluding hydrogens is 244 g/mol. The molecule has 4 heteroatoms. The van der Waals surface area contributed by atoms with Gasteiger partial charge in [0.15, 0.2) is 0 Å². The number of nitrogens with zero attached hydrogens (tertiary/aromatic N) is 1. The average Bonchev–Trinajstić information content (AvgIpc) is 2.33. The van der Waals surface area contributed by atoms with Crippen molar-refractivity contribution < 1.29 is 4.79 Å². The predicted molar refractivity (Wildman–Crippen MR) is 81.8 cm³/mol. The fraction of sp³-hybridized carbons (Fsp3) is 0.929. The molecule has 0 aliphatic carbocycles. The normalized spacial score (nSPS) is 14.6. The zero-order chi connectivity index (χ0) is 14.1. The SMILES string of the molecule is CCC(CSC)N(C)C(=O)C[C@@H](CN)CC(C)C. The predicted octanol–water partition coefficient (Wildman–Crippen LogP) is 2.60. The molecule has 0 saturated carbocycles. The molecule has 0 aromatic heterocycles. The average molecular weight is 274 g/mol. The van der Waals surface area contributed by atoms with Crippen LogP contribution in [0.5, 0.6) is 0 Å². The first kappa shape index (κ1) is 17.8. The van der Waals surface area contributed by atoms with Gasteiger partial charge in [0.25, 0.3) is 0 Å². The van der Waals surface area contributed by atoms with Crippen LogP contribution >= 0.6 is 11.8 Å². The van der Waals surface area contributed by atoms with Gasteiger partial charge in [-0.2, -0.15) is 11.8 Å². The van der Waals surface area contributed by atoms with Crippen molar-refractivity contribution in [1.82, 2.24) is 4.90 Å². The van der Waals surface area contributed by atoms with E-state index in [1.54, 1.807) is 11.8 Å². The molecule has 2 atom stereocenters. The first-order chi connectivity index (χ1) is 8.46. The molecular formula is C14H30N2OS. The lowest BCUT2D eigenvalue weighted by Gasteiger charge is -2.28. The van der Waals surface area contributed by atoms with Crippen molar-refractivity contribution >= 4 is 17.7 Å². The summed E-state index contributed by atoms with van der Waals surface area (Å²) in [6, 6.07) is 0.352. The lowest BCUT2D eigenvalue weighted by molar-refractivity contribution is -0.132. The summed E-state index contributed by atoms with van der Waals surface area (Å²) in [7, 11) is 1.93. The van der Waals surface area contributed by atoms with E-state index < -0.39 is 0 Å². The minimum absolute atomic E-state index is 0.243. The van der Waals surface area contributed by atoms with Crippen molar-refractivity contribution in [3.05, 3.63) is 0 Å². The van der Waals surface area contributed by atoms with Crippen molar-refractivity contribution in [1.29, 1.82) is 0 Å². The van der Waals surface area contributed by atoms with E-state index in [-0.39, 0.29) is 5.91 Å². The third-order valence-electron chi connectivity index (χ3n) is 3.37. The van der Waals surface area contributed by atoms with Gasteiger partial charge in [-0.1, -0.05) is 20.8 Å². The molecule has 0 saturated heterocycles. The Kier molecular flexibility index (Phi) is 9.56. The maximum Gasteiger partial charge on any atom is 0.222 e. The minimum Gasteiger partial charge on any atom is -0.342 e. The molecule has 0 heterocycles. The second-order valence-electron chi connectivity index (χ2n) is 5.46. The Morgan fingerprint density at radius 3 is 2.39 bits per heavy atom. The maximum absolute atomic E-state index is 12.2. The lowest BCUT2D eigenvalue weighted by Crippen LogP contribution is -2.39. The van der Waals surface area contributed by atoms with Crippen LogP contribution in [0.2, 0.25) is 0 Å². The summed E-state index contributed by atoms with van der Waals surface area (Å²) in [6.45, 7) is 7.11. The van der Waals surface area contributed by atoms with E-state index in [0.717, 1.165) is 18.6 Å².